The molecular formula is C16H26N2O3. The van der Waals surface area contributed by atoms with Crippen LogP contribution in [0.25, 0.3) is 0 Å². The zero-order valence-corrected chi connectivity index (χ0v) is 13.2. The highest BCUT2D eigenvalue weighted by Gasteiger charge is 2.36. The van der Waals surface area contributed by atoms with Crippen LogP contribution in [0, 0.1) is 18.3 Å². The maximum absolute atomic E-state index is 12.2. The molecular weight excluding hydrogens is 268 g/mol. The van der Waals surface area contributed by atoms with E-state index in [0.29, 0.717) is 19.4 Å². The van der Waals surface area contributed by atoms with Crippen molar-refractivity contribution in [2.45, 2.75) is 58.0 Å². The summed E-state index contributed by atoms with van der Waals surface area (Å²) in [7, 11) is 0. The lowest BCUT2D eigenvalue weighted by Gasteiger charge is -2.37. The Balaban J connectivity index is 2.73. The molecule has 5 heteroatoms. The molecule has 21 heavy (non-hydrogen) atoms. The molecule has 118 valence electrons. The standard InChI is InChI=1S/C16H26N2O3/c1-5-16(6-2,7-3)17-13(19)11-18-10-8-9-12(4)14(18)15(20)21/h1,12,14H,6-11H2,2-4H3,(H,17,19)(H,20,21). The van der Waals surface area contributed by atoms with Crippen molar-refractivity contribution in [2.75, 3.05) is 13.1 Å². The molecule has 1 heterocycles. The molecule has 0 spiro atoms. The van der Waals surface area contributed by atoms with Gasteiger partial charge in [0.1, 0.15) is 11.6 Å². The largest absolute Gasteiger partial charge is 0.480 e. The maximum atomic E-state index is 12.2. The van der Waals surface area contributed by atoms with Gasteiger partial charge < -0.3 is 10.4 Å². The molecule has 1 aliphatic heterocycles. The summed E-state index contributed by atoms with van der Waals surface area (Å²) < 4.78 is 0. The third-order valence-corrected chi connectivity index (χ3v) is 4.50. The second-order valence-electron chi connectivity index (χ2n) is 5.85. The fraction of sp³-hybridized carbons (Fsp3) is 0.750. The lowest BCUT2D eigenvalue weighted by Crippen LogP contribution is -2.55. The molecule has 1 rings (SSSR count). The van der Waals surface area contributed by atoms with Gasteiger partial charge in [0.2, 0.25) is 5.91 Å². The number of carboxylic acids is 1. The van der Waals surface area contributed by atoms with E-state index in [2.05, 4.69) is 11.2 Å². The summed E-state index contributed by atoms with van der Waals surface area (Å²) in [6.07, 6.45) is 8.65. The van der Waals surface area contributed by atoms with Gasteiger partial charge in [0.25, 0.3) is 0 Å². The lowest BCUT2D eigenvalue weighted by atomic mass is 9.90. The number of nitrogens with one attached hydrogen (secondary N) is 1. The zero-order chi connectivity index (χ0) is 16.0. The average Bonchev–Trinajstić information content (AvgIpc) is 2.44. The number of carbonyl (C=O) groups is 2. The molecule has 2 N–H and O–H groups in total. The molecule has 0 aliphatic carbocycles. The fourth-order valence-corrected chi connectivity index (χ4v) is 3.01. The maximum Gasteiger partial charge on any atom is 0.321 e. The number of nitrogens with zero attached hydrogens (tertiary/aromatic N) is 1. The molecule has 0 bridgehead atoms. The van der Waals surface area contributed by atoms with E-state index in [9.17, 15) is 14.7 Å². The molecule has 0 aromatic carbocycles. The van der Waals surface area contributed by atoms with Crippen LogP contribution >= 0.6 is 0 Å². The summed E-state index contributed by atoms with van der Waals surface area (Å²) in [5.41, 5.74) is -0.628. The minimum atomic E-state index is -0.857. The van der Waals surface area contributed by atoms with Gasteiger partial charge in [0.15, 0.2) is 0 Å². The Morgan fingerprint density at radius 1 is 1.43 bits per heavy atom. The number of piperidine rings is 1. The summed E-state index contributed by atoms with van der Waals surface area (Å²) in [5, 5.41) is 12.2. The number of terminal acetylenes is 1. The number of likely N-dealkylation sites (tertiary alicyclic amines) is 1. The highest BCUT2D eigenvalue weighted by Crippen LogP contribution is 2.23. The van der Waals surface area contributed by atoms with Crippen molar-refractivity contribution in [3.63, 3.8) is 0 Å². The van der Waals surface area contributed by atoms with E-state index >= 15 is 0 Å². The number of aliphatic carboxylic acids is 1. The SMILES string of the molecule is C#CC(CC)(CC)NC(=O)CN1CCCC(C)C1C(=O)O. The Kier molecular flexibility index (Phi) is 6.22. The number of hydrogen-bond acceptors (Lipinski definition) is 3. The van der Waals surface area contributed by atoms with Crippen LogP contribution in [0.15, 0.2) is 0 Å². The molecule has 0 aromatic heterocycles. The van der Waals surface area contributed by atoms with Crippen molar-refractivity contribution < 1.29 is 14.7 Å². The molecule has 5 nitrogen and oxygen atoms in total. The van der Waals surface area contributed by atoms with E-state index in [1.165, 1.54) is 0 Å². The highest BCUT2D eigenvalue weighted by atomic mass is 16.4. The van der Waals surface area contributed by atoms with Crippen LogP contribution in [0.3, 0.4) is 0 Å². The quantitative estimate of drug-likeness (QED) is 0.728. The minimum absolute atomic E-state index is 0.0544. The van der Waals surface area contributed by atoms with Crippen LogP contribution in [0.5, 0.6) is 0 Å². The van der Waals surface area contributed by atoms with Crippen molar-refractivity contribution >= 4 is 11.9 Å². The number of carboxylic acid groups (broad SMARTS) is 1. The Morgan fingerprint density at radius 3 is 2.52 bits per heavy atom. The van der Waals surface area contributed by atoms with Crippen molar-refractivity contribution in [3.8, 4) is 12.3 Å². The Bertz CT molecular complexity index is 424. The molecule has 2 atom stereocenters. The van der Waals surface area contributed by atoms with E-state index in [-0.39, 0.29) is 18.4 Å². The number of carbonyl (C=O) groups excluding carboxylic acids is 1. The Labute approximate surface area is 127 Å². The first kappa shape index (κ1) is 17.5. The summed E-state index contributed by atoms with van der Waals surface area (Å²) in [4.78, 5) is 25.4. The van der Waals surface area contributed by atoms with E-state index in [4.69, 9.17) is 6.42 Å². The third-order valence-electron chi connectivity index (χ3n) is 4.50. The van der Waals surface area contributed by atoms with Gasteiger partial charge in [-0.3, -0.25) is 14.5 Å². The molecule has 0 saturated carbocycles. The number of hydrogen-bond donors (Lipinski definition) is 2. The van der Waals surface area contributed by atoms with Crippen LogP contribution in [0.4, 0.5) is 0 Å². The summed E-state index contributed by atoms with van der Waals surface area (Å²) >= 11 is 0. The van der Waals surface area contributed by atoms with Gasteiger partial charge in [-0.25, -0.2) is 0 Å². The van der Waals surface area contributed by atoms with Gasteiger partial charge in [0, 0.05) is 0 Å². The van der Waals surface area contributed by atoms with Crippen molar-refractivity contribution in [2.24, 2.45) is 5.92 Å². The molecule has 1 amide bonds. The van der Waals surface area contributed by atoms with E-state index in [1.54, 1.807) is 4.90 Å². The average molecular weight is 294 g/mol. The van der Waals surface area contributed by atoms with Crippen LogP contribution < -0.4 is 5.32 Å². The van der Waals surface area contributed by atoms with Gasteiger partial charge in [-0.1, -0.05) is 26.7 Å². The van der Waals surface area contributed by atoms with Crippen LogP contribution in [0.2, 0.25) is 0 Å². The highest BCUT2D eigenvalue weighted by molar-refractivity contribution is 5.81. The van der Waals surface area contributed by atoms with E-state index in [0.717, 1.165) is 12.8 Å². The molecule has 1 saturated heterocycles. The van der Waals surface area contributed by atoms with E-state index in [1.807, 2.05) is 20.8 Å². The fourth-order valence-electron chi connectivity index (χ4n) is 3.01. The van der Waals surface area contributed by atoms with Gasteiger partial charge in [0.05, 0.1) is 6.54 Å². The third kappa shape index (κ3) is 4.21. The molecule has 1 aliphatic rings. The first-order valence-corrected chi connectivity index (χ1v) is 7.64. The van der Waals surface area contributed by atoms with Crippen molar-refractivity contribution in [3.05, 3.63) is 0 Å². The van der Waals surface area contributed by atoms with Crippen LogP contribution in [0.1, 0.15) is 46.5 Å². The predicted molar refractivity (Wildman–Crippen MR) is 81.7 cm³/mol. The predicted octanol–water partition coefficient (Wildman–Crippen LogP) is 1.48. The first-order valence-electron chi connectivity index (χ1n) is 7.64. The van der Waals surface area contributed by atoms with Crippen LogP contribution in [-0.2, 0) is 9.59 Å². The smallest absolute Gasteiger partial charge is 0.321 e. The zero-order valence-electron chi connectivity index (χ0n) is 13.2. The monoisotopic (exact) mass is 294 g/mol. The second kappa shape index (κ2) is 7.46. The molecule has 0 aromatic rings. The van der Waals surface area contributed by atoms with E-state index < -0.39 is 17.6 Å². The lowest BCUT2D eigenvalue weighted by molar-refractivity contribution is -0.147. The summed E-state index contributed by atoms with van der Waals surface area (Å²) in [6.45, 7) is 6.52. The molecule has 2 unspecified atom stereocenters. The topological polar surface area (TPSA) is 69.6 Å². The molecule has 0 radical (unpaired) electrons. The summed E-state index contributed by atoms with van der Waals surface area (Å²) in [5.74, 6) is 1.66. The van der Waals surface area contributed by atoms with Gasteiger partial charge in [-0.2, -0.15) is 0 Å². The normalized spacial score (nSPS) is 23.3. The van der Waals surface area contributed by atoms with Gasteiger partial charge in [-0.15, -0.1) is 6.42 Å². The Hall–Kier alpha value is -1.54. The summed E-state index contributed by atoms with van der Waals surface area (Å²) in [6, 6.07) is -0.590. The second-order valence-corrected chi connectivity index (χ2v) is 5.85. The minimum Gasteiger partial charge on any atom is -0.480 e. The number of amides is 1. The van der Waals surface area contributed by atoms with Crippen molar-refractivity contribution in [1.29, 1.82) is 0 Å². The molecule has 1 fully saturated rings. The van der Waals surface area contributed by atoms with Gasteiger partial charge >= 0.3 is 5.97 Å². The Morgan fingerprint density at radius 2 is 2.05 bits per heavy atom. The first-order chi connectivity index (χ1) is 9.89. The van der Waals surface area contributed by atoms with Crippen molar-refractivity contribution in [1.82, 2.24) is 10.2 Å². The van der Waals surface area contributed by atoms with Crippen LogP contribution in [-0.4, -0.2) is 46.6 Å². The number of rotatable bonds is 6. The van der Waals surface area contributed by atoms with Gasteiger partial charge in [-0.05, 0) is 38.1 Å².